The van der Waals surface area contributed by atoms with Crippen LogP contribution in [-0.2, 0) is 5.41 Å². The molecule has 1 unspecified atom stereocenters. The summed E-state index contributed by atoms with van der Waals surface area (Å²) in [6, 6.07) is 67.4. The Morgan fingerprint density at radius 3 is 1.65 bits per heavy atom. The number of hydrogen-bond acceptors (Lipinski definition) is 3. The Morgan fingerprint density at radius 1 is 0.419 bits per heavy atom. The van der Waals surface area contributed by atoms with Gasteiger partial charge in [-0.3, -0.25) is 0 Å². The highest BCUT2D eigenvalue weighted by Crippen LogP contribution is 2.66. The van der Waals surface area contributed by atoms with Gasteiger partial charge in [0.1, 0.15) is 0 Å². The molecule has 0 aliphatic heterocycles. The van der Waals surface area contributed by atoms with Crippen LogP contribution in [0.4, 0.5) is 0 Å². The lowest BCUT2D eigenvalue weighted by Gasteiger charge is -2.33. The van der Waals surface area contributed by atoms with Crippen molar-refractivity contribution in [2.24, 2.45) is 0 Å². The van der Waals surface area contributed by atoms with Gasteiger partial charge in [-0.1, -0.05) is 213 Å². The van der Waals surface area contributed by atoms with Crippen LogP contribution < -0.4 is 0 Å². The fraction of sp³-hybridized carbons (Fsp3) is 0.0339. The zero-order chi connectivity index (χ0) is 41.4. The summed E-state index contributed by atoms with van der Waals surface area (Å²) in [5, 5.41) is 7.24. The van der Waals surface area contributed by atoms with Crippen molar-refractivity contribution in [2.45, 2.75) is 12.3 Å². The lowest BCUT2D eigenvalue weighted by atomic mass is 9.68. The van der Waals surface area contributed by atoms with Gasteiger partial charge in [-0.2, -0.15) is 0 Å². The Morgan fingerprint density at radius 2 is 0.952 bits per heavy atom. The second-order valence-corrected chi connectivity index (χ2v) is 16.1. The normalized spacial score (nSPS) is 15.2. The van der Waals surface area contributed by atoms with Crippen molar-refractivity contribution >= 4 is 37.9 Å². The first-order valence-corrected chi connectivity index (χ1v) is 21.3. The average molecular weight is 790 g/mol. The third kappa shape index (κ3) is 5.03. The van der Waals surface area contributed by atoms with Crippen molar-refractivity contribution in [3.8, 4) is 56.4 Å². The molecule has 12 rings (SSSR count). The summed E-state index contributed by atoms with van der Waals surface area (Å²) in [5.41, 5.74) is 14.3. The van der Waals surface area contributed by atoms with Crippen molar-refractivity contribution in [3.05, 3.63) is 241 Å². The number of nitrogens with zero attached hydrogens (tertiary/aromatic N) is 3. The minimum absolute atomic E-state index is 0.629. The maximum atomic E-state index is 5.34. The van der Waals surface area contributed by atoms with Crippen molar-refractivity contribution in [1.82, 2.24) is 15.0 Å². The molecule has 1 spiro atoms. The number of benzene rings is 9. The third-order valence-electron chi connectivity index (χ3n) is 13.0. The molecular weight excluding hydrogens is 751 g/mol. The van der Waals surface area contributed by atoms with E-state index in [0.29, 0.717) is 17.5 Å². The molecule has 3 nitrogen and oxygen atoms in total. The van der Waals surface area contributed by atoms with E-state index in [2.05, 4.69) is 183 Å². The molecule has 2 aliphatic carbocycles. The summed E-state index contributed by atoms with van der Waals surface area (Å²) in [7, 11) is 0. The number of allylic oxidation sites excluding steroid dienone is 5. The van der Waals surface area contributed by atoms with Crippen LogP contribution in [0.25, 0.3) is 94.3 Å². The maximum Gasteiger partial charge on any atom is 0.165 e. The fourth-order valence-corrected chi connectivity index (χ4v) is 10.7. The predicted molar refractivity (Wildman–Crippen MR) is 258 cm³/mol. The summed E-state index contributed by atoms with van der Waals surface area (Å²) in [5.74, 6) is 1.89. The molecule has 0 saturated carbocycles. The van der Waals surface area contributed by atoms with Gasteiger partial charge < -0.3 is 0 Å². The Bertz CT molecular complexity index is 3490. The summed E-state index contributed by atoms with van der Waals surface area (Å²) >= 11 is 0. The number of rotatable bonds is 6. The van der Waals surface area contributed by atoms with Gasteiger partial charge in [0.15, 0.2) is 17.5 Å². The number of fused-ring (bicyclic) bond motifs is 13. The van der Waals surface area contributed by atoms with E-state index in [1.165, 1.54) is 60.5 Å². The SMILES string of the molecule is C=CC1=C(/C=C\C)c2c(-c3ccc4ccccc4c3-c3nc(-c4ccccc4)nc(-c4ccccc4)n3)cccc2C12c1ccccc1-c1c2c2ccccc2c2ccccc12. The van der Waals surface area contributed by atoms with E-state index in [0.717, 1.165) is 44.2 Å². The molecule has 0 N–H and O–H groups in total. The first-order valence-electron chi connectivity index (χ1n) is 21.3. The molecule has 9 aromatic carbocycles. The summed E-state index contributed by atoms with van der Waals surface area (Å²) in [6.45, 7) is 6.75. The number of aromatic nitrogens is 3. The summed E-state index contributed by atoms with van der Waals surface area (Å²) in [6.07, 6.45) is 6.59. The van der Waals surface area contributed by atoms with Crippen LogP contribution in [0.3, 0.4) is 0 Å². The van der Waals surface area contributed by atoms with Crippen molar-refractivity contribution < 1.29 is 0 Å². The van der Waals surface area contributed by atoms with Gasteiger partial charge in [-0.15, -0.1) is 0 Å². The topological polar surface area (TPSA) is 38.7 Å². The van der Waals surface area contributed by atoms with Crippen molar-refractivity contribution in [3.63, 3.8) is 0 Å². The van der Waals surface area contributed by atoms with Gasteiger partial charge >= 0.3 is 0 Å². The van der Waals surface area contributed by atoms with Crippen LogP contribution in [-0.4, -0.2) is 15.0 Å². The molecule has 1 atom stereocenters. The van der Waals surface area contributed by atoms with Crippen LogP contribution >= 0.6 is 0 Å². The minimum Gasteiger partial charge on any atom is -0.208 e. The molecule has 0 fully saturated rings. The smallest absolute Gasteiger partial charge is 0.165 e. The van der Waals surface area contributed by atoms with E-state index in [1.54, 1.807) is 0 Å². The molecule has 0 saturated heterocycles. The van der Waals surface area contributed by atoms with Gasteiger partial charge in [0.25, 0.3) is 0 Å². The molecular formula is C59H39N3. The zero-order valence-corrected chi connectivity index (χ0v) is 34.2. The lowest BCUT2D eigenvalue weighted by Crippen LogP contribution is -2.27. The van der Waals surface area contributed by atoms with E-state index in [4.69, 9.17) is 15.0 Å². The van der Waals surface area contributed by atoms with Gasteiger partial charge in [-0.05, 0) is 94.9 Å². The Labute approximate surface area is 360 Å². The Balaban J connectivity index is 1.22. The van der Waals surface area contributed by atoms with E-state index >= 15 is 0 Å². The maximum absolute atomic E-state index is 5.34. The van der Waals surface area contributed by atoms with Gasteiger partial charge in [-0.25, -0.2) is 15.0 Å². The molecule has 1 heterocycles. The van der Waals surface area contributed by atoms with Gasteiger partial charge in [0, 0.05) is 16.7 Å². The van der Waals surface area contributed by atoms with Crippen molar-refractivity contribution in [1.29, 1.82) is 0 Å². The second-order valence-electron chi connectivity index (χ2n) is 16.1. The van der Waals surface area contributed by atoms with E-state index in [1.807, 2.05) is 36.4 Å². The lowest BCUT2D eigenvalue weighted by molar-refractivity contribution is 0.795. The van der Waals surface area contributed by atoms with E-state index < -0.39 is 5.41 Å². The first kappa shape index (κ1) is 35.9. The molecule has 10 aromatic rings. The highest BCUT2D eigenvalue weighted by molar-refractivity contribution is 6.20. The monoisotopic (exact) mass is 789 g/mol. The molecule has 0 radical (unpaired) electrons. The largest absolute Gasteiger partial charge is 0.208 e. The quantitative estimate of drug-likeness (QED) is 0.158. The van der Waals surface area contributed by atoms with Crippen molar-refractivity contribution in [2.75, 3.05) is 0 Å². The average Bonchev–Trinajstić information content (AvgIpc) is 3.81. The minimum atomic E-state index is -0.636. The van der Waals surface area contributed by atoms with Crippen LogP contribution in [0, 0.1) is 0 Å². The van der Waals surface area contributed by atoms with E-state index in [9.17, 15) is 0 Å². The van der Waals surface area contributed by atoms with Crippen LogP contribution in [0.2, 0.25) is 0 Å². The standard InChI is InChI=1S/C59H39N3/c1-3-20-47-49(4-2)59(50-33-18-17-31-48(50)53-43-29-15-13-27-41(43)42-28-14-16-30-46(42)55(53)59)51-34-19-32-44(52(47)51)45-36-35-37-21-11-12-26-40(37)54(45)58-61-56(38-22-7-5-8-23-38)60-57(62-58)39-24-9-6-10-25-39/h3-36H,2H2,1H3/b20-3-. The second kappa shape index (κ2) is 14.0. The van der Waals surface area contributed by atoms with Crippen LogP contribution in [0.15, 0.2) is 218 Å². The third-order valence-corrected chi connectivity index (χ3v) is 13.0. The molecule has 0 bridgehead atoms. The predicted octanol–water partition coefficient (Wildman–Crippen LogP) is 14.8. The van der Waals surface area contributed by atoms with Crippen LogP contribution in [0.1, 0.15) is 29.2 Å². The number of hydrogen-bond donors (Lipinski definition) is 0. The molecule has 0 amide bonds. The summed E-state index contributed by atoms with van der Waals surface area (Å²) in [4.78, 5) is 15.8. The molecule has 1 aromatic heterocycles. The molecule has 290 valence electrons. The zero-order valence-electron chi connectivity index (χ0n) is 34.2. The van der Waals surface area contributed by atoms with Crippen LogP contribution in [0.5, 0.6) is 0 Å². The fourth-order valence-electron chi connectivity index (χ4n) is 10.7. The highest BCUT2D eigenvalue weighted by Gasteiger charge is 2.53. The molecule has 3 heteroatoms. The first-order chi connectivity index (χ1) is 30.7. The van der Waals surface area contributed by atoms with Gasteiger partial charge in [0.05, 0.1) is 5.41 Å². The van der Waals surface area contributed by atoms with Gasteiger partial charge in [0.2, 0.25) is 0 Å². The Hall–Kier alpha value is -8.01. The van der Waals surface area contributed by atoms with E-state index in [-0.39, 0.29) is 0 Å². The summed E-state index contributed by atoms with van der Waals surface area (Å²) < 4.78 is 0. The molecule has 62 heavy (non-hydrogen) atoms. The Kier molecular flexibility index (Phi) is 8.13. The molecule has 2 aliphatic rings. The highest BCUT2D eigenvalue weighted by atomic mass is 15.0.